The Morgan fingerprint density at radius 1 is 1.39 bits per heavy atom. The van der Waals surface area contributed by atoms with Crippen molar-refractivity contribution < 1.29 is 9.90 Å². The van der Waals surface area contributed by atoms with E-state index in [-0.39, 0.29) is 18.7 Å². The van der Waals surface area contributed by atoms with Gasteiger partial charge in [-0.15, -0.1) is 11.3 Å². The Morgan fingerprint density at radius 3 is 2.74 bits per heavy atom. The number of benzene rings is 1. The summed E-state index contributed by atoms with van der Waals surface area (Å²) >= 11 is 1.64. The van der Waals surface area contributed by atoms with Crippen LogP contribution in [0.2, 0.25) is 0 Å². The second-order valence-electron chi connectivity index (χ2n) is 5.88. The minimum Gasteiger partial charge on any atom is -0.392 e. The van der Waals surface area contributed by atoms with E-state index in [4.69, 9.17) is 0 Å². The van der Waals surface area contributed by atoms with Crippen LogP contribution in [0.5, 0.6) is 0 Å². The molecule has 1 saturated carbocycles. The average molecular weight is 331 g/mol. The number of aryl methyl sites for hydroxylation is 1. The van der Waals surface area contributed by atoms with Crippen LogP contribution in [0, 0.1) is 12.8 Å². The molecule has 1 fully saturated rings. The molecule has 2 amide bonds. The van der Waals surface area contributed by atoms with Crippen molar-refractivity contribution >= 4 is 17.4 Å². The number of hydrogen-bond donors (Lipinski definition) is 3. The third-order valence-corrected chi connectivity index (χ3v) is 5.01. The maximum absolute atomic E-state index is 12.2. The van der Waals surface area contributed by atoms with Gasteiger partial charge in [-0.25, -0.2) is 9.78 Å². The fraction of sp³-hybridized carbons (Fsp3) is 0.412. The van der Waals surface area contributed by atoms with Crippen LogP contribution in [0.25, 0.3) is 0 Å². The van der Waals surface area contributed by atoms with Gasteiger partial charge in [-0.2, -0.15) is 0 Å². The highest BCUT2D eigenvalue weighted by molar-refractivity contribution is 7.11. The van der Waals surface area contributed by atoms with Gasteiger partial charge in [-0.05, 0) is 36.8 Å². The summed E-state index contributed by atoms with van der Waals surface area (Å²) < 4.78 is 0. The molecular formula is C17H21N3O2S. The van der Waals surface area contributed by atoms with Crippen molar-refractivity contribution in [3.8, 4) is 0 Å². The van der Waals surface area contributed by atoms with E-state index in [1.165, 1.54) is 0 Å². The molecule has 0 bridgehead atoms. The van der Waals surface area contributed by atoms with Crippen molar-refractivity contribution in [1.82, 2.24) is 15.6 Å². The minimum absolute atomic E-state index is 0.00165. The van der Waals surface area contributed by atoms with Crippen LogP contribution in [0.1, 0.15) is 39.9 Å². The van der Waals surface area contributed by atoms with Crippen molar-refractivity contribution in [2.45, 2.75) is 39.0 Å². The lowest BCUT2D eigenvalue weighted by molar-refractivity contribution is 0.234. The Morgan fingerprint density at radius 2 is 2.13 bits per heavy atom. The predicted molar refractivity (Wildman–Crippen MR) is 90.1 cm³/mol. The number of thiazole rings is 1. The highest BCUT2D eigenvalue weighted by Gasteiger charge is 2.35. The number of nitrogens with zero attached hydrogens (tertiary/aromatic N) is 1. The fourth-order valence-electron chi connectivity index (χ4n) is 2.58. The summed E-state index contributed by atoms with van der Waals surface area (Å²) in [5.74, 6) is 0.496. The van der Waals surface area contributed by atoms with Gasteiger partial charge in [0.1, 0.15) is 5.01 Å². The maximum atomic E-state index is 12.2. The molecule has 1 aromatic heterocycles. The van der Waals surface area contributed by atoms with Crippen LogP contribution < -0.4 is 10.6 Å². The van der Waals surface area contributed by atoms with Crippen LogP contribution in [0.3, 0.4) is 0 Å². The number of aliphatic hydroxyl groups excluding tert-OH is 1. The third kappa shape index (κ3) is 4.09. The first-order valence-electron chi connectivity index (χ1n) is 7.81. The number of hydrogen-bond acceptors (Lipinski definition) is 4. The van der Waals surface area contributed by atoms with E-state index >= 15 is 0 Å². The van der Waals surface area contributed by atoms with Crippen LogP contribution in [-0.2, 0) is 13.2 Å². The van der Waals surface area contributed by atoms with Crippen molar-refractivity contribution in [3.63, 3.8) is 0 Å². The molecule has 23 heavy (non-hydrogen) atoms. The first-order chi connectivity index (χ1) is 11.2. The summed E-state index contributed by atoms with van der Waals surface area (Å²) in [5.41, 5.74) is 1.76. The highest BCUT2D eigenvalue weighted by Crippen LogP contribution is 2.41. The maximum Gasteiger partial charge on any atom is 0.315 e. The summed E-state index contributed by atoms with van der Waals surface area (Å²) in [7, 11) is 0. The molecule has 122 valence electrons. The topological polar surface area (TPSA) is 74.2 Å². The lowest BCUT2D eigenvalue weighted by Gasteiger charge is -2.17. The summed E-state index contributed by atoms with van der Waals surface area (Å²) in [4.78, 5) is 17.8. The zero-order valence-electron chi connectivity index (χ0n) is 13.1. The first-order valence-corrected chi connectivity index (χ1v) is 8.63. The zero-order valence-corrected chi connectivity index (χ0v) is 13.9. The molecule has 1 atom stereocenters. The van der Waals surface area contributed by atoms with E-state index < -0.39 is 0 Å². The lowest BCUT2D eigenvalue weighted by Crippen LogP contribution is -2.38. The van der Waals surface area contributed by atoms with E-state index in [1.807, 2.05) is 37.4 Å². The normalized spacial score (nSPS) is 15.2. The monoisotopic (exact) mass is 331 g/mol. The molecule has 6 heteroatoms. The Bertz CT molecular complexity index is 682. The van der Waals surface area contributed by atoms with Gasteiger partial charge >= 0.3 is 6.03 Å². The molecule has 0 radical (unpaired) electrons. The van der Waals surface area contributed by atoms with E-state index in [2.05, 4.69) is 15.6 Å². The molecule has 0 spiro atoms. The molecule has 1 aliphatic carbocycles. The van der Waals surface area contributed by atoms with Gasteiger partial charge in [0.15, 0.2) is 0 Å². The molecule has 2 aromatic rings. The third-order valence-electron chi connectivity index (χ3n) is 4.01. The largest absolute Gasteiger partial charge is 0.392 e. The molecule has 0 saturated heterocycles. The average Bonchev–Trinajstić information content (AvgIpc) is 3.32. The second kappa shape index (κ2) is 7.10. The SMILES string of the molecule is Cc1cnc(C(NC(=O)NCc2ccccc2CO)C2CC2)s1. The molecule has 5 nitrogen and oxygen atoms in total. The van der Waals surface area contributed by atoms with E-state index in [9.17, 15) is 9.90 Å². The minimum atomic E-state index is -0.192. The summed E-state index contributed by atoms with van der Waals surface area (Å²) in [6, 6.07) is 7.36. The molecule has 1 heterocycles. The molecule has 1 aromatic carbocycles. The smallest absolute Gasteiger partial charge is 0.315 e. The van der Waals surface area contributed by atoms with Gasteiger partial charge in [0.05, 0.1) is 12.6 Å². The van der Waals surface area contributed by atoms with Gasteiger partial charge in [0.2, 0.25) is 0 Å². The van der Waals surface area contributed by atoms with Crippen LogP contribution in [0.15, 0.2) is 30.5 Å². The van der Waals surface area contributed by atoms with Gasteiger partial charge in [0, 0.05) is 17.6 Å². The Balaban J connectivity index is 1.59. The number of urea groups is 1. The summed E-state index contributed by atoms with van der Waals surface area (Å²) in [5, 5.41) is 16.2. The van der Waals surface area contributed by atoms with Gasteiger partial charge < -0.3 is 15.7 Å². The molecule has 0 aliphatic heterocycles. The molecule has 1 aliphatic rings. The number of nitrogens with one attached hydrogen (secondary N) is 2. The van der Waals surface area contributed by atoms with Gasteiger partial charge in [-0.3, -0.25) is 0 Å². The number of carbonyl (C=O) groups is 1. The zero-order chi connectivity index (χ0) is 16.2. The summed E-state index contributed by atoms with van der Waals surface area (Å²) in [6.07, 6.45) is 4.13. The quantitative estimate of drug-likeness (QED) is 0.762. The number of amides is 2. The summed E-state index contributed by atoms with van der Waals surface area (Å²) in [6.45, 7) is 2.40. The van der Waals surface area contributed by atoms with Crippen molar-refractivity contribution in [2.24, 2.45) is 5.92 Å². The fourth-order valence-corrected chi connectivity index (χ4v) is 3.50. The van der Waals surface area contributed by atoms with E-state index in [1.54, 1.807) is 11.3 Å². The van der Waals surface area contributed by atoms with Crippen LogP contribution in [-0.4, -0.2) is 16.1 Å². The van der Waals surface area contributed by atoms with Crippen LogP contribution >= 0.6 is 11.3 Å². The van der Waals surface area contributed by atoms with E-state index in [0.717, 1.165) is 33.9 Å². The second-order valence-corrected chi connectivity index (χ2v) is 7.14. The lowest BCUT2D eigenvalue weighted by atomic mass is 10.1. The Labute approximate surface area is 139 Å². The molecule has 3 rings (SSSR count). The number of rotatable bonds is 6. The van der Waals surface area contributed by atoms with Gasteiger partial charge in [-0.1, -0.05) is 24.3 Å². The number of carbonyl (C=O) groups excluding carboxylic acids is 1. The Kier molecular flexibility index (Phi) is 4.93. The molecule has 3 N–H and O–H groups in total. The molecular weight excluding hydrogens is 310 g/mol. The van der Waals surface area contributed by atoms with Gasteiger partial charge in [0.25, 0.3) is 0 Å². The van der Waals surface area contributed by atoms with Crippen molar-refractivity contribution in [1.29, 1.82) is 0 Å². The predicted octanol–water partition coefficient (Wildman–Crippen LogP) is 2.89. The Hall–Kier alpha value is -1.92. The van der Waals surface area contributed by atoms with Crippen molar-refractivity contribution in [3.05, 3.63) is 51.5 Å². The van der Waals surface area contributed by atoms with E-state index in [0.29, 0.717) is 12.5 Å². The van der Waals surface area contributed by atoms with Crippen LogP contribution in [0.4, 0.5) is 4.79 Å². The number of aromatic nitrogens is 1. The first kappa shape index (κ1) is 16.0. The standard InChI is InChI=1S/C17H21N3O2S/c1-11-8-18-16(23-11)15(12-6-7-12)20-17(22)19-9-13-4-2-3-5-14(13)10-21/h2-5,8,12,15,21H,6-7,9-10H2,1H3,(H2,19,20,22). The van der Waals surface area contributed by atoms with Crippen molar-refractivity contribution in [2.75, 3.05) is 0 Å². The molecule has 1 unspecified atom stereocenters. The highest BCUT2D eigenvalue weighted by atomic mass is 32.1. The number of aliphatic hydroxyl groups is 1.